The van der Waals surface area contributed by atoms with Crippen molar-refractivity contribution >= 4 is 23.4 Å². The van der Waals surface area contributed by atoms with Gasteiger partial charge in [0.05, 0.1) is 19.1 Å². The van der Waals surface area contributed by atoms with Crippen LogP contribution in [-0.4, -0.2) is 39.3 Å². The molecule has 0 N–H and O–H groups in total. The van der Waals surface area contributed by atoms with Gasteiger partial charge < -0.3 is 4.74 Å². The molecular weight excluding hydrogens is 344 g/mol. The molecule has 2 unspecified atom stereocenters. The van der Waals surface area contributed by atoms with Crippen molar-refractivity contribution in [3.63, 3.8) is 0 Å². The number of aliphatic imine (C=N–C) groups is 1. The molecule has 1 aromatic carbocycles. The van der Waals surface area contributed by atoms with Gasteiger partial charge in [-0.3, -0.25) is 4.79 Å². The van der Waals surface area contributed by atoms with Crippen molar-refractivity contribution in [3.8, 4) is 0 Å². The van der Waals surface area contributed by atoms with Gasteiger partial charge in [-0.2, -0.15) is 4.98 Å². The summed E-state index contributed by atoms with van der Waals surface area (Å²) >= 11 is 0. The smallest absolute Gasteiger partial charge is 0.378 e. The number of carbonyl (C=O) groups excluding carboxylic acids is 2. The largest absolute Gasteiger partial charge is 0.463 e. The number of esters is 1. The molecule has 4 rings (SSSR count). The number of ether oxygens (including phenoxy) is 1. The van der Waals surface area contributed by atoms with Crippen LogP contribution in [-0.2, 0) is 9.53 Å². The van der Waals surface area contributed by atoms with Crippen molar-refractivity contribution in [3.05, 3.63) is 41.2 Å². The Labute approximate surface area is 157 Å². The lowest BCUT2D eigenvalue weighted by Gasteiger charge is -2.40. The number of rotatable bonds is 2. The summed E-state index contributed by atoms with van der Waals surface area (Å²) in [4.78, 5) is 33.9. The summed E-state index contributed by atoms with van der Waals surface area (Å²) in [6.45, 7) is 6.16. The van der Waals surface area contributed by atoms with Gasteiger partial charge in [-0.25, -0.2) is 14.5 Å². The first-order chi connectivity index (χ1) is 12.8. The van der Waals surface area contributed by atoms with E-state index in [1.807, 2.05) is 31.2 Å². The highest BCUT2D eigenvalue weighted by atomic mass is 16.5. The zero-order valence-corrected chi connectivity index (χ0v) is 15.9. The lowest BCUT2D eigenvalue weighted by Crippen LogP contribution is -2.44. The predicted molar refractivity (Wildman–Crippen MR) is 99.3 cm³/mol. The molecule has 2 aromatic rings. The normalized spacial score (nSPS) is 23.3. The van der Waals surface area contributed by atoms with E-state index < -0.39 is 5.97 Å². The standard InChI is InChI=1S/C20H22N4O3/c1-11-5-7-12(8-6-11)16-15-13(9-20(2,3)10-14(15)25)21-19-22-17(18(26)27-4)23-24(16)19/h5-8,15-16H,9-10H2,1-4H3. The minimum Gasteiger partial charge on any atom is -0.463 e. The highest BCUT2D eigenvalue weighted by molar-refractivity contribution is 6.10. The first-order valence-corrected chi connectivity index (χ1v) is 9.01. The Kier molecular flexibility index (Phi) is 3.98. The van der Waals surface area contributed by atoms with Gasteiger partial charge in [-0.05, 0) is 24.3 Å². The van der Waals surface area contributed by atoms with Gasteiger partial charge in [0.15, 0.2) is 0 Å². The Morgan fingerprint density at radius 1 is 1.22 bits per heavy atom. The van der Waals surface area contributed by atoms with Gasteiger partial charge in [-0.15, -0.1) is 5.10 Å². The minimum absolute atomic E-state index is 0.0423. The van der Waals surface area contributed by atoms with Crippen LogP contribution in [0.15, 0.2) is 29.3 Å². The highest BCUT2D eigenvalue weighted by Crippen LogP contribution is 2.44. The van der Waals surface area contributed by atoms with E-state index in [9.17, 15) is 9.59 Å². The summed E-state index contributed by atoms with van der Waals surface area (Å²) in [5, 5.41) is 4.34. The van der Waals surface area contributed by atoms with Crippen molar-refractivity contribution < 1.29 is 14.3 Å². The van der Waals surface area contributed by atoms with Crippen LogP contribution >= 0.6 is 0 Å². The predicted octanol–water partition coefficient (Wildman–Crippen LogP) is 3.05. The molecule has 1 aromatic heterocycles. The fourth-order valence-electron chi connectivity index (χ4n) is 4.02. The molecule has 1 saturated carbocycles. The van der Waals surface area contributed by atoms with E-state index in [1.54, 1.807) is 4.68 Å². The molecule has 0 radical (unpaired) electrons. The maximum atomic E-state index is 13.1. The summed E-state index contributed by atoms with van der Waals surface area (Å²) in [5.41, 5.74) is 2.76. The molecular formula is C20H22N4O3. The van der Waals surface area contributed by atoms with E-state index in [0.717, 1.165) is 16.8 Å². The minimum atomic E-state index is -0.616. The monoisotopic (exact) mass is 366 g/mol. The molecule has 7 nitrogen and oxygen atoms in total. The number of hydrogen-bond acceptors (Lipinski definition) is 6. The number of fused-ring (bicyclic) bond motifs is 2. The highest BCUT2D eigenvalue weighted by Gasteiger charge is 2.46. The number of hydrogen-bond donors (Lipinski definition) is 0. The van der Waals surface area contributed by atoms with E-state index >= 15 is 0 Å². The summed E-state index contributed by atoms with van der Waals surface area (Å²) in [7, 11) is 1.29. The van der Waals surface area contributed by atoms with Gasteiger partial charge >= 0.3 is 5.97 Å². The Hall–Kier alpha value is -2.83. The van der Waals surface area contributed by atoms with Crippen LogP contribution in [0.25, 0.3) is 0 Å². The molecule has 1 aliphatic heterocycles. The number of methoxy groups -OCH3 is 1. The molecule has 0 saturated heterocycles. The summed E-state index contributed by atoms with van der Waals surface area (Å²) in [6, 6.07) is 7.66. The second-order valence-corrected chi connectivity index (χ2v) is 8.09. The van der Waals surface area contributed by atoms with Gasteiger partial charge in [0, 0.05) is 12.1 Å². The molecule has 27 heavy (non-hydrogen) atoms. The number of ketones is 1. The molecule has 0 bridgehead atoms. The van der Waals surface area contributed by atoms with Crippen LogP contribution in [0.5, 0.6) is 0 Å². The second-order valence-electron chi connectivity index (χ2n) is 8.09. The van der Waals surface area contributed by atoms with Crippen molar-refractivity contribution in [2.45, 2.75) is 39.7 Å². The maximum absolute atomic E-state index is 13.1. The maximum Gasteiger partial charge on any atom is 0.378 e. The van der Waals surface area contributed by atoms with E-state index in [4.69, 9.17) is 4.74 Å². The third-order valence-electron chi connectivity index (χ3n) is 5.24. The summed E-state index contributed by atoms with van der Waals surface area (Å²) in [6.07, 6.45) is 1.21. The molecule has 2 atom stereocenters. The molecule has 140 valence electrons. The zero-order valence-electron chi connectivity index (χ0n) is 15.9. The van der Waals surface area contributed by atoms with E-state index in [-0.39, 0.29) is 29.0 Å². The lowest BCUT2D eigenvalue weighted by molar-refractivity contribution is -0.124. The van der Waals surface area contributed by atoms with Gasteiger partial charge in [0.1, 0.15) is 5.78 Å². The summed E-state index contributed by atoms with van der Waals surface area (Å²) in [5.74, 6) is -0.553. The molecule has 1 fully saturated rings. The first kappa shape index (κ1) is 17.6. The molecule has 1 aliphatic carbocycles. The fourth-order valence-corrected chi connectivity index (χ4v) is 4.02. The molecule has 0 spiro atoms. The number of aromatic nitrogens is 3. The Morgan fingerprint density at radius 3 is 2.59 bits per heavy atom. The van der Waals surface area contributed by atoms with Crippen LogP contribution in [0.4, 0.5) is 5.95 Å². The van der Waals surface area contributed by atoms with Crippen molar-refractivity contribution in [2.24, 2.45) is 16.3 Å². The number of carbonyl (C=O) groups is 2. The number of benzene rings is 1. The van der Waals surface area contributed by atoms with E-state index in [1.165, 1.54) is 7.11 Å². The zero-order chi connectivity index (χ0) is 19.3. The van der Waals surface area contributed by atoms with Crippen molar-refractivity contribution in [1.29, 1.82) is 0 Å². The molecule has 2 aliphatic rings. The SMILES string of the molecule is COC(=O)c1nc2n(n1)C(c1ccc(C)cc1)C1C(=O)CC(C)(C)CC1=N2. The summed E-state index contributed by atoms with van der Waals surface area (Å²) < 4.78 is 6.35. The second kappa shape index (κ2) is 6.11. The van der Waals surface area contributed by atoms with Gasteiger partial charge in [0.2, 0.25) is 5.95 Å². The van der Waals surface area contributed by atoms with Crippen molar-refractivity contribution in [1.82, 2.24) is 14.8 Å². The van der Waals surface area contributed by atoms with Crippen molar-refractivity contribution in [2.75, 3.05) is 7.11 Å². The molecule has 2 heterocycles. The Balaban J connectivity index is 1.89. The van der Waals surface area contributed by atoms with E-state index in [2.05, 4.69) is 28.9 Å². The third kappa shape index (κ3) is 2.97. The number of Topliss-reactive ketones (excluding diaryl/α,β-unsaturated/α-hetero) is 1. The molecule has 0 amide bonds. The average molecular weight is 366 g/mol. The van der Waals surface area contributed by atoms with Crippen LogP contribution in [0.1, 0.15) is 54.5 Å². The van der Waals surface area contributed by atoms with Crippen LogP contribution in [0, 0.1) is 18.3 Å². The van der Waals surface area contributed by atoms with E-state index in [0.29, 0.717) is 18.8 Å². The molecule has 7 heteroatoms. The quantitative estimate of drug-likeness (QED) is 0.763. The van der Waals surface area contributed by atoms with Crippen LogP contribution in [0.3, 0.4) is 0 Å². The van der Waals surface area contributed by atoms with Gasteiger partial charge in [0.25, 0.3) is 5.82 Å². The Morgan fingerprint density at radius 2 is 1.93 bits per heavy atom. The fraction of sp³-hybridized carbons (Fsp3) is 0.450. The Bertz CT molecular complexity index is 956. The van der Waals surface area contributed by atoms with Gasteiger partial charge in [-0.1, -0.05) is 43.7 Å². The van der Waals surface area contributed by atoms with Crippen LogP contribution < -0.4 is 0 Å². The third-order valence-corrected chi connectivity index (χ3v) is 5.24. The number of nitrogens with zero attached hydrogens (tertiary/aromatic N) is 4. The first-order valence-electron chi connectivity index (χ1n) is 9.01. The number of aryl methyl sites for hydroxylation is 1. The lowest BCUT2D eigenvalue weighted by atomic mass is 9.67. The topological polar surface area (TPSA) is 86.4 Å². The van der Waals surface area contributed by atoms with Crippen LogP contribution in [0.2, 0.25) is 0 Å². The average Bonchev–Trinajstić information content (AvgIpc) is 3.02.